The van der Waals surface area contributed by atoms with Gasteiger partial charge in [-0.1, -0.05) is 6.92 Å². The number of nitrogens with one attached hydrogen (secondary N) is 1. The molecule has 128 valence electrons. The Balaban J connectivity index is 1.86. The number of rotatable bonds is 3. The van der Waals surface area contributed by atoms with E-state index >= 15 is 0 Å². The van der Waals surface area contributed by atoms with Crippen molar-refractivity contribution < 1.29 is 4.79 Å². The summed E-state index contributed by atoms with van der Waals surface area (Å²) in [7, 11) is 1.98. The van der Waals surface area contributed by atoms with Gasteiger partial charge in [-0.05, 0) is 19.0 Å². The molecule has 3 heterocycles. The van der Waals surface area contributed by atoms with Crippen LogP contribution in [0.1, 0.15) is 34.7 Å². The maximum atomic E-state index is 12.9. The summed E-state index contributed by atoms with van der Waals surface area (Å²) in [6, 6.07) is 1.54. The van der Waals surface area contributed by atoms with Gasteiger partial charge < -0.3 is 14.5 Å². The van der Waals surface area contributed by atoms with Gasteiger partial charge in [-0.2, -0.15) is 0 Å². The molecule has 1 saturated heterocycles. The molecular formula is C17H23N5O2. The minimum Gasteiger partial charge on any atom is -0.337 e. The van der Waals surface area contributed by atoms with Crippen molar-refractivity contribution in [1.82, 2.24) is 24.3 Å². The molecule has 1 fully saturated rings. The SMILES string of the molecule is CCN1CCN(C(=O)c2c[nH]c(=O)cc2C)C[C@H]1c1nccn1C. The first-order chi connectivity index (χ1) is 11.5. The second-order valence-corrected chi connectivity index (χ2v) is 6.19. The number of nitrogens with zero attached hydrogens (tertiary/aromatic N) is 4. The van der Waals surface area contributed by atoms with E-state index in [-0.39, 0.29) is 17.5 Å². The van der Waals surface area contributed by atoms with Crippen LogP contribution in [0, 0.1) is 6.92 Å². The fourth-order valence-electron chi connectivity index (χ4n) is 3.30. The van der Waals surface area contributed by atoms with Crippen molar-refractivity contribution in [2.75, 3.05) is 26.2 Å². The lowest BCUT2D eigenvalue weighted by molar-refractivity contribution is 0.0472. The molecule has 0 radical (unpaired) electrons. The quantitative estimate of drug-likeness (QED) is 0.909. The highest BCUT2D eigenvalue weighted by atomic mass is 16.2. The summed E-state index contributed by atoms with van der Waals surface area (Å²) in [6.45, 7) is 6.90. The van der Waals surface area contributed by atoms with E-state index in [2.05, 4.69) is 21.8 Å². The molecule has 0 aliphatic carbocycles. The number of hydrogen-bond acceptors (Lipinski definition) is 4. The van der Waals surface area contributed by atoms with Gasteiger partial charge in [0.2, 0.25) is 5.56 Å². The van der Waals surface area contributed by atoms with Crippen molar-refractivity contribution in [3.8, 4) is 0 Å². The van der Waals surface area contributed by atoms with Gasteiger partial charge in [0.1, 0.15) is 5.82 Å². The lowest BCUT2D eigenvalue weighted by Crippen LogP contribution is -2.51. The fourth-order valence-corrected chi connectivity index (χ4v) is 3.30. The maximum absolute atomic E-state index is 12.9. The molecule has 7 nitrogen and oxygen atoms in total. The molecule has 1 aliphatic heterocycles. The molecule has 1 amide bonds. The molecule has 0 spiro atoms. The van der Waals surface area contributed by atoms with E-state index in [9.17, 15) is 9.59 Å². The zero-order valence-electron chi connectivity index (χ0n) is 14.3. The normalized spacial score (nSPS) is 18.8. The van der Waals surface area contributed by atoms with Gasteiger partial charge in [0.05, 0.1) is 11.6 Å². The van der Waals surface area contributed by atoms with Gasteiger partial charge in [-0.15, -0.1) is 0 Å². The number of H-pyrrole nitrogens is 1. The Labute approximate surface area is 140 Å². The average Bonchev–Trinajstić information content (AvgIpc) is 2.99. The first kappa shape index (κ1) is 16.4. The van der Waals surface area contributed by atoms with Crippen molar-refractivity contribution in [3.05, 3.63) is 52.0 Å². The molecule has 0 aromatic carbocycles. The lowest BCUT2D eigenvalue weighted by Gasteiger charge is -2.40. The minimum absolute atomic E-state index is 0.0429. The van der Waals surface area contributed by atoms with Crippen LogP contribution >= 0.6 is 0 Å². The summed E-state index contributed by atoms with van der Waals surface area (Å²) in [5.74, 6) is 0.922. The average molecular weight is 329 g/mol. The van der Waals surface area contributed by atoms with Gasteiger partial charge in [0.15, 0.2) is 0 Å². The zero-order valence-corrected chi connectivity index (χ0v) is 14.3. The summed E-state index contributed by atoms with van der Waals surface area (Å²) in [5, 5.41) is 0. The second kappa shape index (κ2) is 6.60. The standard InChI is InChI=1S/C17H23N5O2/c1-4-21-7-8-22(11-14(21)16-18-5-6-20(16)3)17(24)13-10-19-15(23)9-12(13)2/h5-6,9-10,14H,4,7-8,11H2,1-3H3,(H,19,23)/t14-/m0/s1. The largest absolute Gasteiger partial charge is 0.337 e. The second-order valence-electron chi connectivity index (χ2n) is 6.19. The maximum Gasteiger partial charge on any atom is 0.255 e. The number of piperazine rings is 1. The number of aryl methyl sites for hydroxylation is 2. The van der Waals surface area contributed by atoms with Crippen molar-refractivity contribution in [2.24, 2.45) is 7.05 Å². The molecule has 1 N–H and O–H groups in total. The fraction of sp³-hybridized carbons (Fsp3) is 0.471. The third-order valence-corrected chi connectivity index (χ3v) is 4.70. The molecule has 24 heavy (non-hydrogen) atoms. The number of carbonyl (C=O) groups is 1. The highest BCUT2D eigenvalue weighted by Gasteiger charge is 2.32. The molecule has 0 unspecified atom stereocenters. The predicted molar refractivity (Wildman–Crippen MR) is 90.9 cm³/mol. The smallest absolute Gasteiger partial charge is 0.255 e. The van der Waals surface area contributed by atoms with Crippen LogP contribution in [0.3, 0.4) is 0 Å². The van der Waals surface area contributed by atoms with Crippen LogP contribution in [0.2, 0.25) is 0 Å². The first-order valence-corrected chi connectivity index (χ1v) is 8.21. The van der Waals surface area contributed by atoms with E-state index in [4.69, 9.17) is 0 Å². The topological polar surface area (TPSA) is 74.2 Å². The van der Waals surface area contributed by atoms with Crippen molar-refractivity contribution in [3.63, 3.8) is 0 Å². The van der Waals surface area contributed by atoms with E-state index in [0.29, 0.717) is 24.2 Å². The van der Waals surface area contributed by atoms with E-state index in [1.54, 1.807) is 13.1 Å². The van der Waals surface area contributed by atoms with Gasteiger partial charge in [-0.25, -0.2) is 4.98 Å². The zero-order chi connectivity index (χ0) is 17.3. The third-order valence-electron chi connectivity index (χ3n) is 4.70. The number of imidazole rings is 1. The number of carbonyl (C=O) groups excluding carboxylic acids is 1. The first-order valence-electron chi connectivity index (χ1n) is 8.21. The molecule has 2 aromatic heterocycles. The van der Waals surface area contributed by atoms with E-state index < -0.39 is 0 Å². The molecule has 1 aliphatic rings. The van der Waals surface area contributed by atoms with Gasteiger partial charge in [0.25, 0.3) is 5.91 Å². The number of pyridine rings is 1. The van der Waals surface area contributed by atoms with Crippen LogP contribution in [0.5, 0.6) is 0 Å². The molecule has 7 heteroatoms. The highest BCUT2D eigenvalue weighted by Crippen LogP contribution is 2.25. The van der Waals surface area contributed by atoms with E-state index in [1.165, 1.54) is 12.3 Å². The lowest BCUT2D eigenvalue weighted by atomic mass is 10.1. The molecule has 0 saturated carbocycles. The minimum atomic E-state index is -0.189. The Bertz CT molecular complexity index is 794. The summed E-state index contributed by atoms with van der Waals surface area (Å²) in [4.78, 5) is 35.5. The van der Waals surface area contributed by atoms with Crippen LogP contribution in [-0.4, -0.2) is 56.4 Å². The highest BCUT2D eigenvalue weighted by molar-refractivity contribution is 5.95. The van der Waals surface area contributed by atoms with Gasteiger partial charge >= 0.3 is 0 Å². The Morgan fingerprint density at radius 3 is 2.83 bits per heavy atom. The van der Waals surface area contributed by atoms with Crippen LogP contribution in [0.4, 0.5) is 0 Å². The van der Waals surface area contributed by atoms with Gasteiger partial charge in [0, 0.05) is 51.3 Å². The van der Waals surface area contributed by atoms with E-state index in [0.717, 1.165) is 18.9 Å². The van der Waals surface area contributed by atoms with Crippen molar-refractivity contribution >= 4 is 5.91 Å². The molecule has 1 atom stereocenters. The Hall–Kier alpha value is -2.41. The Kier molecular flexibility index (Phi) is 4.53. The summed E-state index contributed by atoms with van der Waals surface area (Å²) < 4.78 is 2.01. The van der Waals surface area contributed by atoms with Crippen molar-refractivity contribution in [1.29, 1.82) is 0 Å². The molecule has 3 rings (SSSR count). The Morgan fingerprint density at radius 2 is 2.21 bits per heavy atom. The Morgan fingerprint density at radius 1 is 1.42 bits per heavy atom. The molecule has 2 aromatic rings. The van der Waals surface area contributed by atoms with Crippen LogP contribution in [-0.2, 0) is 7.05 Å². The summed E-state index contributed by atoms with van der Waals surface area (Å²) in [5.41, 5.74) is 1.07. The third kappa shape index (κ3) is 2.99. The van der Waals surface area contributed by atoms with Crippen molar-refractivity contribution in [2.45, 2.75) is 19.9 Å². The number of amides is 1. The van der Waals surface area contributed by atoms with Crippen LogP contribution in [0.25, 0.3) is 0 Å². The summed E-state index contributed by atoms with van der Waals surface area (Å²) >= 11 is 0. The van der Waals surface area contributed by atoms with Gasteiger partial charge in [-0.3, -0.25) is 14.5 Å². The number of hydrogen-bond donors (Lipinski definition) is 1. The van der Waals surface area contributed by atoms with Crippen LogP contribution in [0.15, 0.2) is 29.5 Å². The number of likely N-dealkylation sites (N-methyl/N-ethyl adjacent to an activating group) is 1. The predicted octanol–water partition coefficient (Wildman–Crippen LogP) is 0.936. The number of aromatic nitrogens is 3. The van der Waals surface area contributed by atoms with Crippen LogP contribution < -0.4 is 5.56 Å². The monoisotopic (exact) mass is 329 g/mol. The number of aromatic amines is 1. The molecular weight excluding hydrogens is 306 g/mol. The van der Waals surface area contributed by atoms with E-state index in [1.807, 2.05) is 22.7 Å². The summed E-state index contributed by atoms with van der Waals surface area (Å²) in [6.07, 6.45) is 5.23. The molecule has 0 bridgehead atoms.